The van der Waals surface area contributed by atoms with Crippen LogP contribution in [0.15, 0.2) is 29.2 Å². The van der Waals surface area contributed by atoms with Crippen LogP contribution in [-0.2, 0) is 0 Å². The third kappa shape index (κ3) is 4.03. The molecule has 14 heavy (non-hydrogen) atoms. The zero-order valence-electron chi connectivity index (χ0n) is 8.19. The van der Waals surface area contributed by atoms with Crippen LogP contribution in [0.4, 0.5) is 0 Å². The van der Waals surface area contributed by atoms with Crippen molar-refractivity contribution in [2.24, 2.45) is 0 Å². The topological polar surface area (TPSA) is 0 Å². The number of thiol groups is 1. The van der Waals surface area contributed by atoms with E-state index in [-0.39, 0.29) is 0 Å². The number of thiocarbonyl (C=S) groups is 1. The molecule has 0 spiro atoms. The van der Waals surface area contributed by atoms with Gasteiger partial charge in [0, 0.05) is 4.90 Å². The van der Waals surface area contributed by atoms with E-state index in [4.69, 9.17) is 12.2 Å². The standard InChI is InChI=1S/C11H14S3/c1-2-3-8-14-10-6-4-9(5-7-10)11(12)13/h4-7H,2-3,8H2,1H3,(H,12,13). The van der Waals surface area contributed by atoms with Gasteiger partial charge in [0.05, 0.1) is 4.20 Å². The lowest BCUT2D eigenvalue weighted by molar-refractivity contribution is 0.896. The summed E-state index contributed by atoms with van der Waals surface area (Å²) in [5.74, 6) is 1.20. The van der Waals surface area contributed by atoms with E-state index in [0.717, 1.165) is 5.56 Å². The molecule has 76 valence electrons. The average Bonchev–Trinajstić information content (AvgIpc) is 2.19. The molecule has 0 aliphatic heterocycles. The van der Waals surface area contributed by atoms with Crippen molar-refractivity contribution in [3.05, 3.63) is 29.8 Å². The van der Waals surface area contributed by atoms with Crippen molar-refractivity contribution in [1.29, 1.82) is 0 Å². The maximum Gasteiger partial charge on any atom is 0.0747 e. The molecule has 0 atom stereocenters. The normalized spacial score (nSPS) is 10.1. The fourth-order valence-corrected chi connectivity index (χ4v) is 2.31. The fraction of sp³-hybridized carbons (Fsp3) is 0.364. The molecule has 0 heterocycles. The quantitative estimate of drug-likeness (QED) is 0.356. The zero-order chi connectivity index (χ0) is 10.4. The van der Waals surface area contributed by atoms with Gasteiger partial charge in [0.1, 0.15) is 0 Å². The largest absolute Gasteiger partial charge is 0.131 e. The van der Waals surface area contributed by atoms with E-state index in [1.807, 2.05) is 23.9 Å². The van der Waals surface area contributed by atoms with Crippen LogP contribution >= 0.6 is 36.6 Å². The van der Waals surface area contributed by atoms with Gasteiger partial charge in [-0.15, -0.1) is 24.4 Å². The molecular formula is C11H14S3. The summed E-state index contributed by atoms with van der Waals surface area (Å²) < 4.78 is 0.662. The van der Waals surface area contributed by atoms with Crippen molar-refractivity contribution in [1.82, 2.24) is 0 Å². The third-order valence-corrected chi connectivity index (χ3v) is 3.46. The number of unbranched alkanes of at least 4 members (excludes halogenated alkanes) is 1. The number of hydrogen-bond acceptors (Lipinski definition) is 2. The van der Waals surface area contributed by atoms with E-state index in [1.54, 1.807) is 0 Å². The van der Waals surface area contributed by atoms with Crippen molar-refractivity contribution in [2.75, 3.05) is 5.75 Å². The van der Waals surface area contributed by atoms with E-state index in [1.165, 1.54) is 23.5 Å². The monoisotopic (exact) mass is 242 g/mol. The Bertz CT molecular complexity index is 290. The Hall–Kier alpha value is 0.01000. The third-order valence-electron chi connectivity index (χ3n) is 1.87. The van der Waals surface area contributed by atoms with Crippen LogP contribution in [0.2, 0.25) is 0 Å². The first-order valence-corrected chi connectivity index (χ1v) is 6.54. The summed E-state index contributed by atoms with van der Waals surface area (Å²) in [4.78, 5) is 1.31. The second-order valence-corrected chi connectivity index (χ2v) is 5.36. The molecule has 0 unspecified atom stereocenters. The molecule has 1 aromatic rings. The summed E-state index contributed by atoms with van der Waals surface area (Å²) in [6.45, 7) is 2.21. The summed E-state index contributed by atoms with van der Waals surface area (Å²) in [5.41, 5.74) is 1.03. The van der Waals surface area contributed by atoms with Gasteiger partial charge in [0.15, 0.2) is 0 Å². The van der Waals surface area contributed by atoms with Crippen LogP contribution in [0.5, 0.6) is 0 Å². The Balaban J connectivity index is 2.51. The van der Waals surface area contributed by atoms with Gasteiger partial charge in [0.2, 0.25) is 0 Å². The Kier molecular flexibility index (Phi) is 5.60. The minimum Gasteiger partial charge on any atom is -0.131 e. The molecule has 0 N–H and O–H groups in total. The van der Waals surface area contributed by atoms with E-state index >= 15 is 0 Å². The van der Waals surface area contributed by atoms with Crippen LogP contribution in [0.3, 0.4) is 0 Å². The molecule has 0 saturated carbocycles. The van der Waals surface area contributed by atoms with Crippen LogP contribution in [0.1, 0.15) is 25.3 Å². The summed E-state index contributed by atoms with van der Waals surface area (Å²) in [7, 11) is 0. The molecule has 0 amide bonds. The molecule has 0 nitrogen and oxygen atoms in total. The van der Waals surface area contributed by atoms with Gasteiger partial charge in [-0.25, -0.2) is 0 Å². The molecule has 3 heteroatoms. The number of thioether (sulfide) groups is 1. The van der Waals surface area contributed by atoms with Crippen LogP contribution in [0.25, 0.3) is 0 Å². The molecule has 0 aromatic heterocycles. The lowest BCUT2D eigenvalue weighted by atomic mass is 10.2. The van der Waals surface area contributed by atoms with E-state index < -0.39 is 0 Å². The summed E-state index contributed by atoms with van der Waals surface area (Å²) >= 11 is 11.0. The summed E-state index contributed by atoms with van der Waals surface area (Å²) in [6.07, 6.45) is 2.53. The van der Waals surface area contributed by atoms with Gasteiger partial charge in [-0.1, -0.05) is 37.7 Å². The minimum atomic E-state index is 0.662. The van der Waals surface area contributed by atoms with E-state index in [2.05, 4.69) is 31.7 Å². The molecule has 0 saturated heterocycles. The van der Waals surface area contributed by atoms with Crippen molar-refractivity contribution in [3.63, 3.8) is 0 Å². The van der Waals surface area contributed by atoms with Crippen molar-refractivity contribution >= 4 is 40.8 Å². The zero-order valence-corrected chi connectivity index (χ0v) is 10.7. The second-order valence-electron chi connectivity index (χ2n) is 3.03. The second kappa shape index (κ2) is 6.49. The highest BCUT2D eigenvalue weighted by Gasteiger charge is 1.96. The molecule has 0 aliphatic rings. The molecule has 1 rings (SSSR count). The molecule has 1 aromatic carbocycles. The minimum absolute atomic E-state index is 0.662. The van der Waals surface area contributed by atoms with Gasteiger partial charge < -0.3 is 0 Å². The molecular weight excluding hydrogens is 228 g/mol. The van der Waals surface area contributed by atoms with E-state index in [0.29, 0.717) is 4.20 Å². The molecule has 0 fully saturated rings. The Morgan fingerprint density at radius 3 is 2.50 bits per heavy atom. The first-order valence-electron chi connectivity index (χ1n) is 4.70. The van der Waals surface area contributed by atoms with Gasteiger partial charge in [0.25, 0.3) is 0 Å². The number of benzene rings is 1. The SMILES string of the molecule is CCCCSc1ccc(C(=S)S)cc1. The predicted octanol–water partition coefficient (Wildman–Crippen LogP) is 4.18. The number of rotatable bonds is 5. The average molecular weight is 242 g/mol. The first kappa shape index (κ1) is 12.1. The fourth-order valence-electron chi connectivity index (χ4n) is 1.03. The summed E-state index contributed by atoms with van der Waals surface area (Å²) in [5, 5.41) is 0. The Morgan fingerprint density at radius 1 is 1.36 bits per heavy atom. The van der Waals surface area contributed by atoms with Crippen molar-refractivity contribution < 1.29 is 0 Å². The van der Waals surface area contributed by atoms with Crippen LogP contribution in [-0.4, -0.2) is 9.95 Å². The summed E-state index contributed by atoms with van der Waals surface area (Å²) in [6, 6.07) is 8.28. The van der Waals surface area contributed by atoms with Gasteiger partial charge in [-0.05, 0) is 29.9 Å². The van der Waals surface area contributed by atoms with Crippen molar-refractivity contribution in [2.45, 2.75) is 24.7 Å². The Labute approximate surface area is 101 Å². The molecule has 0 bridgehead atoms. The predicted molar refractivity (Wildman–Crippen MR) is 72.8 cm³/mol. The highest BCUT2D eigenvalue weighted by Crippen LogP contribution is 2.20. The van der Waals surface area contributed by atoms with E-state index in [9.17, 15) is 0 Å². The maximum absolute atomic E-state index is 4.97. The molecule has 0 aliphatic carbocycles. The van der Waals surface area contributed by atoms with Crippen LogP contribution in [0, 0.1) is 0 Å². The van der Waals surface area contributed by atoms with Crippen LogP contribution < -0.4 is 0 Å². The van der Waals surface area contributed by atoms with Gasteiger partial charge >= 0.3 is 0 Å². The van der Waals surface area contributed by atoms with Gasteiger partial charge in [-0.3, -0.25) is 0 Å². The lowest BCUT2D eigenvalue weighted by Gasteiger charge is -2.01. The first-order chi connectivity index (χ1) is 6.74. The smallest absolute Gasteiger partial charge is 0.0747 e. The lowest BCUT2D eigenvalue weighted by Crippen LogP contribution is -1.86. The van der Waals surface area contributed by atoms with Gasteiger partial charge in [-0.2, -0.15) is 0 Å². The number of hydrogen-bond donors (Lipinski definition) is 1. The Morgan fingerprint density at radius 2 is 2.00 bits per heavy atom. The molecule has 0 radical (unpaired) electrons. The highest BCUT2D eigenvalue weighted by atomic mass is 32.2. The maximum atomic E-state index is 4.97. The highest BCUT2D eigenvalue weighted by molar-refractivity contribution is 8.11. The van der Waals surface area contributed by atoms with Crippen molar-refractivity contribution in [3.8, 4) is 0 Å².